The van der Waals surface area contributed by atoms with Crippen LogP contribution in [0.2, 0.25) is 0 Å². The van der Waals surface area contributed by atoms with Gasteiger partial charge in [0.25, 0.3) is 0 Å². The second kappa shape index (κ2) is 4.06. The number of fused-ring (bicyclic) bond motifs is 1. The minimum absolute atomic E-state index is 0.0644. The molecule has 78 valence electrons. The maximum Gasteiger partial charge on any atom is 0.175 e. The molecule has 15 heavy (non-hydrogen) atoms. The molecule has 0 aliphatic rings. The molecule has 0 amide bonds. The van der Waals surface area contributed by atoms with Crippen LogP contribution in [0.15, 0.2) is 24.4 Å². The van der Waals surface area contributed by atoms with E-state index in [2.05, 4.69) is 20.9 Å². The molecule has 0 fully saturated rings. The molecule has 4 heteroatoms. The number of aromatic nitrogens is 1. The molecule has 1 N–H and O–H groups in total. The summed E-state index contributed by atoms with van der Waals surface area (Å²) in [5.74, 6) is 0.820. The highest BCUT2D eigenvalue weighted by atomic mass is 79.9. The van der Waals surface area contributed by atoms with Crippen LogP contribution in [0.5, 0.6) is 5.75 Å². The first-order chi connectivity index (χ1) is 7.26. The van der Waals surface area contributed by atoms with Gasteiger partial charge in [-0.2, -0.15) is 0 Å². The van der Waals surface area contributed by atoms with Gasteiger partial charge in [0, 0.05) is 22.7 Å². The normalized spacial score (nSPS) is 10.5. The maximum absolute atomic E-state index is 11.6. The molecular weight excluding hydrogens is 258 g/mol. The number of ether oxygens (including phenoxy) is 1. The number of rotatable bonds is 3. The minimum atomic E-state index is 0.0644. The zero-order valence-electron chi connectivity index (χ0n) is 8.21. The average Bonchev–Trinajstić information content (AvgIpc) is 2.70. The fraction of sp³-hybridized carbons (Fsp3) is 0.182. The zero-order chi connectivity index (χ0) is 10.8. The minimum Gasteiger partial charge on any atom is -0.497 e. The second-order valence-electron chi connectivity index (χ2n) is 3.17. The predicted octanol–water partition coefficient (Wildman–Crippen LogP) is 2.75. The fourth-order valence-electron chi connectivity index (χ4n) is 1.53. The second-order valence-corrected chi connectivity index (χ2v) is 3.73. The number of nitrogens with one attached hydrogen (secondary N) is 1. The first-order valence-electron chi connectivity index (χ1n) is 4.50. The summed E-state index contributed by atoms with van der Waals surface area (Å²) in [5.41, 5.74) is 1.64. The summed E-state index contributed by atoms with van der Waals surface area (Å²) in [6.45, 7) is 0. The highest BCUT2D eigenvalue weighted by Gasteiger charge is 2.10. The Kier molecular flexibility index (Phi) is 2.77. The SMILES string of the molecule is COc1ccc2[nH]cc(C(=O)CBr)c2c1. The Hall–Kier alpha value is -1.29. The van der Waals surface area contributed by atoms with Crippen LogP contribution in [-0.4, -0.2) is 23.2 Å². The molecule has 0 radical (unpaired) electrons. The summed E-state index contributed by atoms with van der Waals surface area (Å²) in [4.78, 5) is 14.6. The Balaban J connectivity index is 2.61. The van der Waals surface area contributed by atoms with Crippen LogP contribution in [0.25, 0.3) is 10.9 Å². The van der Waals surface area contributed by atoms with Gasteiger partial charge in [-0.3, -0.25) is 4.79 Å². The van der Waals surface area contributed by atoms with Crippen molar-refractivity contribution in [3.63, 3.8) is 0 Å². The lowest BCUT2D eigenvalue weighted by Crippen LogP contribution is -1.98. The quantitative estimate of drug-likeness (QED) is 0.687. The van der Waals surface area contributed by atoms with Crippen LogP contribution < -0.4 is 4.74 Å². The van der Waals surface area contributed by atoms with Crippen molar-refractivity contribution in [2.45, 2.75) is 0 Å². The molecule has 1 heterocycles. The molecule has 0 saturated carbocycles. The average molecular weight is 268 g/mol. The lowest BCUT2D eigenvalue weighted by atomic mass is 10.1. The Morgan fingerprint density at radius 1 is 1.53 bits per heavy atom. The number of ketones is 1. The van der Waals surface area contributed by atoms with E-state index in [4.69, 9.17) is 4.74 Å². The number of H-pyrrole nitrogens is 1. The largest absolute Gasteiger partial charge is 0.497 e. The monoisotopic (exact) mass is 267 g/mol. The van der Waals surface area contributed by atoms with Gasteiger partial charge >= 0.3 is 0 Å². The van der Waals surface area contributed by atoms with Gasteiger partial charge in [-0.15, -0.1) is 0 Å². The number of Topliss-reactive ketones (excluding diaryl/α,β-unsaturated/α-hetero) is 1. The van der Waals surface area contributed by atoms with Gasteiger partial charge in [-0.05, 0) is 18.2 Å². The van der Waals surface area contributed by atoms with E-state index < -0.39 is 0 Å². The van der Waals surface area contributed by atoms with Crippen LogP contribution in [0.1, 0.15) is 10.4 Å². The van der Waals surface area contributed by atoms with E-state index in [1.807, 2.05) is 18.2 Å². The summed E-state index contributed by atoms with van der Waals surface area (Å²) >= 11 is 3.16. The first-order valence-corrected chi connectivity index (χ1v) is 5.62. The van der Waals surface area contributed by atoms with E-state index in [0.717, 1.165) is 16.7 Å². The lowest BCUT2D eigenvalue weighted by molar-refractivity contribution is 0.102. The highest BCUT2D eigenvalue weighted by Crippen LogP contribution is 2.24. The van der Waals surface area contributed by atoms with Gasteiger partial charge in [0.2, 0.25) is 0 Å². The summed E-state index contributed by atoms with van der Waals surface area (Å²) < 4.78 is 5.12. The van der Waals surface area contributed by atoms with E-state index in [9.17, 15) is 4.79 Å². The van der Waals surface area contributed by atoms with Crippen molar-refractivity contribution in [3.8, 4) is 5.75 Å². The predicted molar refractivity (Wildman–Crippen MR) is 63.0 cm³/mol. The molecule has 1 aromatic heterocycles. The summed E-state index contributed by atoms with van der Waals surface area (Å²) in [6, 6.07) is 5.63. The third-order valence-electron chi connectivity index (χ3n) is 2.31. The van der Waals surface area contributed by atoms with E-state index in [1.165, 1.54) is 0 Å². The maximum atomic E-state index is 11.6. The van der Waals surface area contributed by atoms with Gasteiger partial charge in [-0.25, -0.2) is 0 Å². The number of hydrogen-bond donors (Lipinski definition) is 1. The molecule has 2 rings (SSSR count). The Bertz CT molecular complexity index is 504. The van der Waals surface area contributed by atoms with Crippen LogP contribution in [0, 0.1) is 0 Å². The molecule has 0 bridgehead atoms. The van der Waals surface area contributed by atoms with E-state index in [1.54, 1.807) is 13.3 Å². The summed E-state index contributed by atoms with van der Waals surface area (Å²) in [5, 5.41) is 1.23. The fourth-order valence-corrected chi connectivity index (χ4v) is 1.83. The van der Waals surface area contributed by atoms with Crippen LogP contribution >= 0.6 is 15.9 Å². The van der Waals surface area contributed by atoms with Gasteiger partial charge in [-0.1, -0.05) is 15.9 Å². The molecule has 3 nitrogen and oxygen atoms in total. The number of carbonyl (C=O) groups is 1. The molecular formula is C11H10BrNO2. The molecule has 0 aliphatic carbocycles. The molecule has 0 atom stereocenters. The Labute approximate surface area is 95.6 Å². The van der Waals surface area contributed by atoms with Crippen molar-refractivity contribution in [2.24, 2.45) is 0 Å². The van der Waals surface area contributed by atoms with Crippen molar-refractivity contribution in [1.82, 2.24) is 4.98 Å². The molecule has 2 aromatic rings. The number of halogens is 1. The van der Waals surface area contributed by atoms with Crippen molar-refractivity contribution < 1.29 is 9.53 Å². The van der Waals surface area contributed by atoms with Crippen LogP contribution in [0.3, 0.4) is 0 Å². The van der Waals surface area contributed by atoms with Gasteiger partial charge in [0.15, 0.2) is 5.78 Å². The van der Waals surface area contributed by atoms with Gasteiger partial charge in [0.1, 0.15) is 5.75 Å². The van der Waals surface area contributed by atoms with Crippen LogP contribution in [0.4, 0.5) is 0 Å². The number of alkyl halides is 1. The smallest absolute Gasteiger partial charge is 0.175 e. The topological polar surface area (TPSA) is 42.1 Å². The Morgan fingerprint density at radius 2 is 2.33 bits per heavy atom. The van der Waals surface area contributed by atoms with Crippen molar-refractivity contribution in [1.29, 1.82) is 0 Å². The van der Waals surface area contributed by atoms with Gasteiger partial charge in [0.05, 0.1) is 12.4 Å². The lowest BCUT2D eigenvalue weighted by Gasteiger charge is -2.00. The van der Waals surface area contributed by atoms with Crippen LogP contribution in [-0.2, 0) is 0 Å². The van der Waals surface area contributed by atoms with E-state index >= 15 is 0 Å². The van der Waals surface area contributed by atoms with Crippen molar-refractivity contribution in [2.75, 3.05) is 12.4 Å². The number of hydrogen-bond acceptors (Lipinski definition) is 2. The number of benzene rings is 1. The zero-order valence-corrected chi connectivity index (χ0v) is 9.80. The standard InChI is InChI=1S/C11H10BrNO2/c1-15-7-2-3-10-8(4-7)9(6-13-10)11(14)5-12/h2-4,6,13H,5H2,1H3. The van der Waals surface area contributed by atoms with Crippen molar-refractivity contribution in [3.05, 3.63) is 30.0 Å². The molecule has 0 saturated heterocycles. The van der Waals surface area contributed by atoms with E-state index in [-0.39, 0.29) is 5.78 Å². The highest BCUT2D eigenvalue weighted by molar-refractivity contribution is 9.09. The molecule has 0 unspecified atom stereocenters. The number of methoxy groups -OCH3 is 1. The third-order valence-corrected chi connectivity index (χ3v) is 2.82. The molecule has 0 aliphatic heterocycles. The Morgan fingerprint density at radius 3 is 3.00 bits per heavy atom. The molecule has 0 spiro atoms. The third kappa shape index (κ3) is 1.77. The van der Waals surface area contributed by atoms with E-state index in [0.29, 0.717) is 10.9 Å². The summed E-state index contributed by atoms with van der Waals surface area (Å²) in [6.07, 6.45) is 1.73. The first kappa shape index (κ1) is 10.2. The molecule has 1 aromatic carbocycles. The number of aromatic amines is 1. The summed E-state index contributed by atoms with van der Waals surface area (Å²) in [7, 11) is 1.61. The van der Waals surface area contributed by atoms with Gasteiger partial charge < -0.3 is 9.72 Å². The number of carbonyl (C=O) groups excluding carboxylic acids is 1. The van der Waals surface area contributed by atoms with Crippen molar-refractivity contribution >= 4 is 32.6 Å².